The van der Waals surface area contributed by atoms with Gasteiger partial charge in [0, 0.05) is 0 Å². The number of hydrogen-bond donors (Lipinski definition) is 3. The Balaban J connectivity index is 2.61. The molecule has 24 heavy (non-hydrogen) atoms. The van der Waals surface area contributed by atoms with E-state index in [1.54, 1.807) is 45.2 Å². The minimum atomic E-state index is -1.59. The lowest BCUT2D eigenvalue weighted by Crippen LogP contribution is -2.48. The van der Waals surface area contributed by atoms with E-state index in [2.05, 4.69) is 15.3 Å². The molecule has 8 nitrogen and oxygen atoms in total. The first kappa shape index (κ1) is 19.9. The number of amides is 1. The number of nitrogens with one attached hydrogen (secondary N) is 1. The van der Waals surface area contributed by atoms with Crippen LogP contribution >= 0.6 is 11.3 Å². The third-order valence-electron chi connectivity index (χ3n) is 2.77. The Hall–Kier alpha value is -2.13. The van der Waals surface area contributed by atoms with Crippen LogP contribution in [0.4, 0.5) is 4.79 Å². The van der Waals surface area contributed by atoms with E-state index in [-0.39, 0.29) is 5.84 Å². The van der Waals surface area contributed by atoms with Crippen molar-refractivity contribution in [3.63, 3.8) is 0 Å². The second-order valence-corrected chi connectivity index (χ2v) is 6.92. The summed E-state index contributed by atoms with van der Waals surface area (Å²) in [6, 6.07) is 2.62. The van der Waals surface area contributed by atoms with Crippen molar-refractivity contribution in [3.05, 3.63) is 22.4 Å². The molecular weight excluding hydrogens is 334 g/mol. The summed E-state index contributed by atoms with van der Waals surface area (Å²) in [6.07, 6.45) is -2.04. The number of nitrogens with two attached hydrogens (primary N) is 1. The molecule has 0 saturated heterocycles. The standard InChI is InChI=1S/C15H23N3O5S/c1-5-9(17-14(21)22-15(2,3)4)11(19)13(20)23-18-12(16)10-7-6-8-24-10/h6-9,11,19H,5H2,1-4H3,(H2,16,18)(H,17,21). The lowest BCUT2D eigenvalue weighted by molar-refractivity contribution is -0.155. The predicted molar refractivity (Wildman–Crippen MR) is 90.6 cm³/mol. The van der Waals surface area contributed by atoms with Gasteiger partial charge in [-0.3, -0.25) is 0 Å². The molecule has 2 atom stereocenters. The maximum absolute atomic E-state index is 11.9. The van der Waals surface area contributed by atoms with Crippen molar-refractivity contribution < 1.29 is 24.3 Å². The van der Waals surface area contributed by atoms with Gasteiger partial charge in [-0.25, -0.2) is 9.59 Å². The van der Waals surface area contributed by atoms with Crippen molar-refractivity contribution in [2.24, 2.45) is 10.9 Å². The highest BCUT2D eigenvalue weighted by molar-refractivity contribution is 7.12. The molecule has 4 N–H and O–H groups in total. The molecule has 0 aliphatic carbocycles. The Morgan fingerprint density at radius 1 is 1.46 bits per heavy atom. The number of alkyl carbamates (subject to hydrolysis) is 1. The smallest absolute Gasteiger partial charge is 0.407 e. The van der Waals surface area contributed by atoms with Crippen LogP contribution in [0.25, 0.3) is 0 Å². The summed E-state index contributed by atoms with van der Waals surface area (Å²) in [5.41, 5.74) is 4.97. The van der Waals surface area contributed by atoms with Crippen molar-refractivity contribution in [3.8, 4) is 0 Å². The van der Waals surface area contributed by atoms with Crippen molar-refractivity contribution in [1.82, 2.24) is 5.32 Å². The lowest BCUT2D eigenvalue weighted by atomic mass is 10.1. The topological polar surface area (TPSA) is 123 Å². The maximum atomic E-state index is 11.9. The second-order valence-electron chi connectivity index (χ2n) is 5.97. The number of rotatable bonds is 6. The molecule has 1 amide bonds. The summed E-state index contributed by atoms with van der Waals surface area (Å²) in [6.45, 7) is 6.82. The SMILES string of the molecule is CCC(NC(=O)OC(C)(C)C)C(O)C(=O)O/N=C(\N)c1cccs1. The predicted octanol–water partition coefficient (Wildman–Crippen LogP) is 1.58. The van der Waals surface area contributed by atoms with Crippen LogP contribution in [-0.2, 0) is 14.4 Å². The molecule has 0 saturated carbocycles. The summed E-state index contributed by atoms with van der Waals surface area (Å²) >= 11 is 1.33. The van der Waals surface area contributed by atoms with Gasteiger partial charge in [0.25, 0.3) is 0 Å². The van der Waals surface area contributed by atoms with Gasteiger partial charge >= 0.3 is 12.1 Å². The monoisotopic (exact) mass is 357 g/mol. The molecule has 1 rings (SSSR count). The van der Waals surface area contributed by atoms with Gasteiger partial charge < -0.3 is 25.7 Å². The highest BCUT2D eigenvalue weighted by Crippen LogP contribution is 2.10. The Kier molecular flexibility index (Phi) is 7.18. The number of hydrogen-bond acceptors (Lipinski definition) is 7. The minimum Gasteiger partial charge on any atom is -0.444 e. The van der Waals surface area contributed by atoms with Crippen molar-refractivity contribution in [1.29, 1.82) is 0 Å². The molecule has 2 unspecified atom stereocenters. The first-order chi connectivity index (χ1) is 11.1. The van der Waals surface area contributed by atoms with E-state index in [4.69, 9.17) is 10.5 Å². The van der Waals surface area contributed by atoms with Crippen LogP contribution < -0.4 is 11.1 Å². The summed E-state index contributed by atoms with van der Waals surface area (Å²) < 4.78 is 5.09. The fourth-order valence-electron chi connectivity index (χ4n) is 1.64. The van der Waals surface area contributed by atoms with Gasteiger partial charge in [-0.2, -0.15) is 0 Å². The number of carbonyl (C=O) groups excluding carboxylic acids is 2. The van der Waals surface area contributed by atoms with E-state index in [0.29, 0.717) is 11.3 Å². The molecule has 9 heteroatoms. The fraction of sp³-hybridized carbons (Fsp3) is 0.533. The lowest BCUT2D eigenvalue weighted by Gasteiger charge is -2.24. The Morgan fingerprint density at radius 2 is 2.12 bits per heavy atom. The molecule has 134 valence electrons. The van der Waals surface area contributed by atoms with Crippen LogP contribution in [0.1, 0.15) is 39.0 Å². The number of carbonyl (C=O) groups is 2. The van der Waals surface area contributed by atoms with Crippen LogP contribution in [-0.4, -0.2) is 40.8 Å². The average molecular weight is 357 g/mol. The minimum absolute atomic E-state index is 0.0266. The van der Waals surface area contributed by atoms with Gasteiger partial charge in [-0.05, 0) is 38.6 Å². The highest BCUT2D eigenvalue weighted by atomic mass is 32.1. The van der Waals surface area contributed by atoms with Crippen molar-refractivity contribution in [2.45, 2.75) is 51.9 Å². The molecule has 1 aromatic heterocycles. The Labute approximate surface area is 144 Å². The Bertz CT molecular complexity index is 580. The molecule has 0 radical (unpaired) electrons. The zero-order valence-corrected chi connectivity index (χ0v) is 14.9. The molecule has 0 aliphatic rings. The number of amidine groups is 1. The van der Waals surface area contributed by atoms with E-state index in [1.165, 1.54) is 11.3 Å². The van der Waals surface area contributed by atoms with Crippen LogP contribution in [0.3, 0.4) is 0 Å². The summed E-state index contributed by atoms with van der Waals surface area (Å²) in [7, 11) is 0. The highest BCUT2D eigenvalue weighted by Gasteiger charge is 2.29. The Morgan fingerprint density at radius 3 is 2.62 bits per heavy atom. The van der Waals surface area contributed by atoms with E-state index in [0.717, 1.165) is 0 Å². The zero-order chi connectivity index (χ0) is 18.3. The van der Waals surface area contributed by atoms with E-state index < -0.39 is 29.8 Å². The molecular formula is C15H23N3O5S. The third-order valence-corrected chi connectivity index (χ3v) is 3.66. The molecule has 1 heterocycles. The zero-order valence-electron chi connectivity index (χ0n) is 14.1. The molecule has 0 aromatic carbocycles. The number of aliphatic hydroxyl groups is 1. The number of ether oxygens (including phenoxy) is 1. The van der Waals surface area contributed by atoms with Crippen LogP contribution in [0.2, 0.25) is 0 Å². The average Bonchev–Trinajstić information content (AvgIpc) is 3.01. The van der Waals surface area contributed by atoms with Gasteiger partial charge in [-0.15, -0.1) is 11.3 Å². The summed E-state index contributed by atoms with van der Waals surface area (Å²) in [5.74, 6) is -0.990. The second kappa shape index (κ2) is 8.65. The number of oxime groups is 1. The molecule has 0 aliphatic heterocycles. The largest absolute Gasteiger partial charge is 0.444 e. The molecule has 0 bridgehead atoms. The van der Waals surface area contributed by atoms with Gasteiger partial charge in [0.05, 0.1) is 10.9 Å². The maximum Gasteiger partial charge on any atom is 0.407 e. The van der Waals surface area contributed by atoms with Gasteiger partial charge in [0.15, 0.2) is 11.9 Å². The molecule has 0 spiro atoms. The number of thiophene rings is 1. The van der Waals surface area contributed by atoms with E-state index in [9.17, 15) is 14.7 Å². The van der Waals surface area contributed by atoms with E-state index >= 15 is 0 Å². The number of aliphatic hydroxyl groups excluding tert-OH is 1. The summed E-state index contributed by atoms with van der Waals surface area (Å²) in [4.78, 5) is 28.9. The summed E-state index contributed by atoms with van der Waals surface area (Å²) in [5, 5.41) is 17.7. The molecule has 0 fully saturated rings. The van der Waals surface area contributed by atoms with Gasteiger partial charge in [0.1, 0.15) is 5.60 Å². The van der Waals surface area contributed by atoms with Crippen molar-refractivity contribution in [2.75, 3.05) is 0 Å². The first-order valence-electron chi connectivity index (χ1n) is 7.39. The van der Waals surface area contributed by atoms with Gasteiger partial charge in [0.2, 0.25) is 0 Å². The fourth-order valence-corrected chi connectivity index (χ4v) is 2.26. The van der Waals surface area contributed by atoms with Gasteiger partial charge in [-0.1, -0.05) is 18.1 Å². The van der Waals surface area contributed by atoms with Crippen LogP contribution in [0.15, 0.2) is 22.7 Å². The normalized spacial score (nSPS) is 14.6. The molecule has 1 aromatic rings. The quantitative estimate of drug-likeness (QED) is 0.307. The number of nitrogens with zero attached hydrogens (tertiary/aromatic N) is 1. The first-order valence-corrected chi connectivity index (χ1v) is 8.27. The third kappa shape index (κ3) is 6.55. The van der Waals surface area contributed by atoms with Crippen LogP contribution in [0.5, 0.6) is 0 Å². The van der Waals surface area contributed by atoms with Crippen molar-refractivity contribution >= 4 is 29.2 Å². The van der Waals surface area contributed by atoms with E-state index in [1.807, 2.05) is 0 Å². The van der Waals surface area contributed by atoms with Crippen LogP contribution in [0, 0.1) is 0 Å².